The largest absolute Gasteiger partial charge is 0.478 e. The molecule has 0 aromatic carbocycles. The number of nitrogens with zero attached hydrogens (tertiary/aromatic N) is 1. The summed E-state index contributed by atoms with van der Waals surface area (Å²) in [5.41, 5.74) is 0.282. The van der Waals surface area contributed by atoms with Crippen molar-refractivity contribution < 1.29 is 9.90 Å². The molecule has 4 nitrogen and oxygen atoms in total. The lowest BCUT2D eigenvalue weighted by atomic mass is 9.95. The number of aromatic carboxylic acids is 1. The Balaban J connectivity index is 2.00. The number of thioether (sulfide) groups is 1. The smallest absolute Gasteiger partial charge is 0.335 e. The van der Waals surface area contributed by atoms with Crippen molar-refractivity contribution in [3.05, 3.63) is 23.9 Å². The SMILES string of the molecule is CSC1CCCC(Nc2cc(C(=O)O)ccn2)C1. The summed E-state index contributed by atoms with van der Waals surface area (Å²) in [6.07, 6.45) is 8.46. The molecule has 0 aliphatic heterocycles. The van der Waals surface area contributed by atoms with Gasteiger partial charge in [0.15, 0.2) is 0 Å². The third-order valence-corrected chi connectivity index (χ3v) is 4.41. The molecule has 0 amide bonds. The molecule has 0 bridgehead atoms. The minimum Gasteiger partial charge on any atom is -0.478 e. The maximum Gasteiger partial charge on any atom is 0.335 e. The number of hydrogen-bond acceptors (Lipinski definition) is 4. The van der Waals surface area contributed by atoms with Gasteiger partial charge in [0.25, 0.3) is 0 Å². The van der Waals surface area contributed by atoms with Gasteiger partial charge >= 0.3 is 5.97 Å². The lowest BCUT2D eigenvalue weighted by Gasteiger charge is -2.29. The minimum absolute atomic E-state index is 0.282. The quantitative estimate of drug-likeness (QED) is 0.877. The van der Waals surface area contributed by atoms with Gasteiger partial charge in [-0.2, -0.15) is 11.8 Å². The summed E-state index contributed by atoms with van der Waals surface area (Å²) in [7, 11) is 0. The van der Waals surface area contributed by atoms with E-state index in [1.807, 2.05) is 11.8 Å². The highest BCUT2D eigenvalue weighted by Gasteiger charge is 2.21. The van der Waals surface area contributed by atoms with Gasteiger partial charge < -0.3 is 10.4 Å². The van der Waals surface area contributed by atoms with E-state index in [2.05, 4.69) is 16.6 Å². The van der Waals surface area contributed by atoms with E-state index in [1.54, 1.807) is 12.3 Å². The maximum atomic E-state index is 10.9. The second-order valence-electron chi connectivity index (χ2n) is 4.60. The van der Waals surface area contributed by atoms with E-state index in [0.29, 0.717) is 17.1 Å². The molecule has 1 aliphatic rings. The van der Waals surface area contributed by atoms with Gasteiger partial charge in [-0.15, -0.1) is 0 Å². The Morgan fingerprint density at radius 2 is 2.39 bits per heavy atom. The molecule has 1 fully saturated rings. The van der Waals surface area contributed by atoms with E-state index in [1.165, 1.54) is 18.9 Å². The average molecular weight is 266 g/mol. The highest BCUT2D eigenvalue weighted by molar-refractivity contribution is 7.99. The standard InChI is InChI=1S/C13H18N2O2S/c1-18-11-4-2-3-10(8-11)15-12-7-9(13(16)17)5-6-14-12/h5-7,10-11H,2-4,8H2,1H3,(H,14,15)(H,16,17). The number of pyridine rings is 1. The highest BCUT2D eigenvalue weighted by Crippen LogP contribution is 2.28. The van der Waals surface area contributed by atoms with Crippen molar-refractivity contribution in [2.45, 2.75) is 37.0 Å². The maximum absolute atomic E-state index is 10.9. The normalized spacial score (nSPS) is 23.6. The van der Waals surface area contributed by atoms with Crippen molar-refractivity contribution in [1.82, 2.24) is 4.98 Å². The predicted octanol–water partition coefficient (Wildman–Crippen LogP) is 2.87. The Labute approximate surface area is 111 Å². The van der Waals surface area contributed by atoms with E-state index in [0.717, 1.165) is 12.8 Å². The van der Waals surface area contributed by atoms with Crippen LogP contribution in [0.5, 0.6) is 0 Å². The molecule has 2 N–H and O–H groups in total. The molecule has 1 aromatic heterocycles. The molecule has 1 heterocycles. The summed E-state index contributed by atoms with van der Waals surface area (Å²) in [4.78, 5) is 15.1. The monoisotopic (exact) mass is 266 g/mol. The molecule has 98 valence electrons. The van der Waals surface area contributed by atoms with Crippen LogP contribution in [0.3, 0.4) is 0 Å². The molecule has 5 heteroatoms. The van der Waals surface area contributed by atoms with Crippen LogP contribution in [0.15, 0.2) is 18.3 Å². The Kier molecular flexibility index (Phi) is 4.47. The van der Waals surface area contributed by atoms with Crippen LogP contribution in [0.2, 0.25) is 0 Å². The second-order valence-corrected chi connectivity index (χ2v) is 5.74. The first-order chi connectivity index (χ1) is 8.69. The summed E-state index contributed by atoms with van der Waals surface area (Å²) < 4.78 is 0. The van der Waals surface area contributed by atoms with Crippen molar-refractivity contribution in [2.75, 3.05) is 11.6 Å². The van der Waals surface area contributed by atoms with Crippen LogP contribution >= 0.6 is 11.8 Å². The first-order valence-electron chi connectivity index (χ1n) is 6.17. The zero-order chi connectivity index (χ0) is 13.0. The fraction of sp³-hybridized carbons (Fsp3) is 0.538. The molecule has 0 radical (unpaired) electrons. The summed E-state index contributed by atoms with van der Waals surface area (Å²) in [5.74, 6) is -0.243. The van der Waals surface area contributed by atoms with Gasteiger partial charge in [0, 0.05) is 17.5 Å². The summed E-state index contributed by atoms with van der Waals surface area (Å²) in [5, 5.41) is 13.0. The van der Waals surface area contributed by atoms with Crippen LogP contribution in [0, 0.1) is 0 Å². The first kappa shape index (κ1) is 13.2. The highest BCUT2D eigenvalue weighted by atomic mass is 32.2. The molecular formula is C13H18N2O2S. The fourth-order valence-electron chi connectivity index (χ4n) is 2.34. The van der Waals surface area contributed by atoms with E-state index in [-0.39, 0.29) is 5.56 Å². The van der Waals surface area contributed by atoms with Crippen LogP contribution in [-0.2, 0) is 0 Å². The number of anilines is 1. The van der Waals surface area contributed by atoms with Crippen molar-refractivity contribution >= 4 is 23.5 Å². The van der Waals surface area contributed by atoms with Crippen LogP contribution in [-0.4, -0.2) is 33.6 Å². The molecule has 0 saturated heterocycles. The van der Waals surface area contributed by atoms with Crippen LogP contribution in [0.25, 0.3) is 0 Å². The average Bonchev–Trinajstić information content (AvgIpc) is 2.39. The fourth-order valence-corrected chi connectivity index (χ4v) is 3.17. The molecule has 1 aromatic rings. The van der Waals surface area contributed by atoms with E-state index in [4.69, 9.17) is 5.11 Å². The molecule has 18 heavy (non-hydrogen) atoms. The topological polar surface area (TPSA) is 62.2 Å². The number of carboxylic acid groups (broad SMARTS) is 1. The Morgan fingerprint density at radius 1 is 1.56 bits per heavy atom. The number of hydrogen-bond donors (Lipinski definition) is 2. The molecular weight excluding hydrogens is 248 g/mol. The number of rotatable bonds is 4. The number of nitrogens with one attached hydrogen (secondary N) is 1. The summed E-state index contributed by atoms with van der Waals surface area (Å²) >= 11 is 1.91. The minimum atomic E-state index is -0.911. The first-order valence-corrected chi connectivity index (χ1v) is 7.46. The Bertz CT molecular complexity index is 425. The summed E-state index contributed by atoms with van der Waals surface area (Å²) in [6, 6.07) is 3.53. The molecule has 2 unspecified atom stereocenters. The summed E-state index contributed by atoms with van der Waals surface area (Å²) in [6.45, 7) is 0. The molecule has 1 saturated carbocycles. The lowest BCUT2D eigenvalue weighted by Crippen LogP contribution is -2.28. The number of carboxylic acids is 1. The van der Waals surface area contributed by atoms with E-state index in [9.17, 15) is 4.79 Å². The van der Waals surface area contributed by atoms with Crippen LogP contribution in [0.4, 0.5) is 5.82 Å². The van der Waals surface area contributed by atoms with Crippen LogP contribution < -0.4 is 5.32 Å². The number of carbonyl (C=O) groups is 1. The Hall–Kier alpha value is -1.23. The van der Waals surface area contributed by atoms with E-state index >= 15 is 0 Å². The van der Waals surface area contributed by atoms with Gasteiger partial charge in [0.1, 0.15) is 5.82 Å². The second kappa shape index (κ2) is 6.09. The van der Waals surface area contributed by atoms with Gasteiger partial charge in [-0.05, 0) is 37.7 Å². The molecule has 2 atom stereocenters. The van der Waals surface area contributed by atoms with Crippen molar-refractivity contribution in [3.63, 3.8) is 0 Å². The van der Waals surface area contributed by atoms with Gasteiger partial charge in [-0.1, -0.05) is 6.42 Å². The third-order valence-electron chi connectivity index (χ3n) is 3.32. The van der Waals surface area contributed by atoms with Gasteiger partial charge in [-0.25, -0.2) is 9.78 Å². The lowest BCUT2D eigenvalue weighted by molar-refractivity contribution is 0.0697. The zero-order valence-corrected chi connectivity index (χ0v) is 11.2. The number of aromatic nitrogens is 1. The van der Waals surface area contributed by atoms with Crippen molar-refractivity contribution in [2.24, 2.45) is 0 Å². The van der Waals surface area contributed by atoms with Crippen LogP contribution in [0.1, 0.15) is 36.0 Å². The van der Waals surface area contributed by atoms with Crippen molar-refractivity contribution in [1.29, 1.82) is 0 Å². The molecule has 2 rings (SSSR count). The van der Waals surface area contributed by atoms with Gasteiger partial charge in [0.2, 0.25) is 0 Å². The predicted molar refractivity (Wildman–Crippen MR) is 74.4 cm³/mol. The Morgan fingerprint density at radius 3 is 3.11 bits per heavy atom. The molecule has 0 spiro atoms. The van der Waals surface area contributed by atoms with E-state index < -0.39 is 5.97 Å². The van der Waals surface area contributed by atoms with Gasteiger partial charge in [0.05, 0.1) is 5.56 Å². The van der Waals surface area contributed by atoms with Crippen molar-refractivity contribution in [3.8, 4) is 0 Å². The third kappa shape index (κ3) is 3.38. The van der Waals surface area contributed by atoms with Gasteiger partial charge in [-0.3, -0.25) is 0 Å². The molecule has 1 aliphatic carbocycles. The zero-order valence-electron chi connectivity index (χ0n) is 10.4.